The second-order valence-corrected chi connectivity index (χ2v) is 10.8. The fraction of sp³-hybridized carbons (Fsp3) is 0.400. The average Bonchev–Trinajstić information content (AvgIpc) is 3.54. The van der Waals surface area contributed by atoms with Gasteiger partial charge in [0.25, 0.3) is 0 Å². The highest BCUT2D eigenvalue weighted by Crippen LogP contribution is 2.40. The molecule has 1 aromatic carbocycles. The molecule has 1 spiro atoms. The van der Waals surface area contributed by atoms with E-state index in [9.17, 15) is 9.90 Å². The maximum atomic E-state index is 12.5. The summed E-state index contributed by atoms with van der Waals surface area (Å²) in [5, 5.41) is 11.1. The summed E-state index contributed by atoms with van der Waals surface area (Å²) in [6.07, 6.45) is 7.07. The molecule has 3 aromatic heterocycles. The van der Waals surface area contributed by atoms with E-state index in [1.54, 1.807) is 18.0 Å². The van der Waals surface area contributed by atoms with Crippen LogP contribution >= 0.6 is 0 Å². The number of aryl methyl sites for hydroxylation is 1. The van der Waals surface area contributed by atoms with E-state index in [2.05, 4.69) is 32.7 Å². The molecule has 1 N–H and O–H groups in total. The van der Waals surface area contributed by atoms with Crippen LogP contribution in [0.15, 0.2) is 40.9 Å². The smallest absolute Gasteiger partial charge is 0.326 e. The number of ether oxygens (including phenoxy) is 3. The number of terminal acetylenes is 1. The summed E-state index contributed by atoms with van der Waals surface area (Å²) in [5.41, 5.74) is 2.77. The van der Waals surface area contributed by atoms with Gasteiger partial charge in [0, 0.05) is 30.1 Å². The van der Waals surface area contributed by atoms with Crippen LogP contribution in [0.1, 0.15) is 24.7 Å². The second kappa shape index (κ2) is 9.61. The first-order chi connectivity index (χ1) is 19.9. The number of para-hydroxylation sites is 1. The molecule has 0 saturated carbocycles. The number of carboxylic acid groups (broad SMARTS) is 1. The molecule has 0 unspecified atom stereocenters. The molecule has 11 nitrogen and oxygen atoms in total. The topological polar surface area (TPSA) is 123 Å². The number of hydrogen-bond donors (Lipinski definition) is 1. The molecule has 0 radical (unpaired) electrons. The number of fused-ring (bicyclic) bond motifs is 3. The van der Waals surface area contributed by atoms with Gasteiger partial charge in [-0.15, -0.1) is 6.42 Å². The van der Waals surface area contributed by atoms with Gasteiger partial charge in [0.2, 0.25) is 5.88 Å². The summed E-state index contributed by atoms with van der Waals surface area (Å²) in [5.74, 6) is 3.05. The second-order valence-electron chi connectivity index (χ2n) is 10.8. The lowest BCUT2D eigenvalue weighted by Gasteiger charge is -2.53. The third-order valence-corrected chi connectivity index (χ3v) is 8.36. The highest BCUT2D eigenvalue weighted by atomic mass is 16.6. The highest BCUT2D eigenvalue weighted by molar-refractivity contribution is 6.06. The summed E-state index contributed by atoms with van der Waals surface area (Å²) in [6.45, 7) is 6.37. The minimum Gasteiger partial charge on any atom is -0.480 e. The predicted octanol–water partition coefficient (Wildman–Crippen LogP) is 3.17. The van der Waals surface area contributed by atoms with Crippen molar-refractivity contribution in [2.45, 2.75) is 44.1 Å². The zero-order valence-electron chi connectivity index (χ0n) is 22.7. The van der Waals surface area contributed by atoms with Crippen molar-refractivity contribution in [1.29, 1.82) is 0 Å². The van der Waals surface area contributed by atoms with Crippen LogP contribution in [-0.2, 0) is 14.3 Å². The Balaban J connectivity index is 1.23. The van der Waals surface area contributed by atoms with E-state index < -0.39 is 18.1 Å². The highest BCUT2D eigenvalue weighted by Gasteiger charge is 2.50. The van der Waals surface area contributed by atoms with Crippen molar-refractivity contribution in [2.75, 3.05) is 42.7 Å². The van der Waals surface area contributed by atoms with Crippen molar-refractivity contribution in [2.24, 2.45) is 0 Å². The Labute approximate surface area is 236 Å². The number of pyridine rings is 1. The van der Waals surface area contributed by atoms with E-state index in [4.69, 9.17) is 25.1 Å². The molecule has 3 aliphatic heterocycles. The number of hydrogen-bond acceptors (Lipinski definition) is 10. The van der Waals surface area contributed by atoms with Crippen molar-refractivity contribution >= 4 is 39.5 Å². The molecule has 210 valence electrons. The maximum Gasteiger partial charge on any atom is 0.326 e. The van der Waals surface area contributed by atoms with E-state index in [-0.39, 0.29) is 24.6 Å². The molecule has 0 bridgehead atoms. The number of benzene rings is 1. The molecule has 0 aliphatic carbocycles. The van der Waals surface area contributed by atoms with Gasteiger partial charge in [0.15, 0.2) is 11.4 Å². The first-order valence-corrected chi connectivity index (χ1v) is 13.6. The molecule has 3 fully saturated rings. The number of aliphatic carboxylic acids is 1. The van der Waals surface area contributed by atoms with Gasteiger partial charge in [0.05, 0.1) is 32.4 Å². The quantitative estimate of drug-likeness (QED) is 0.365. The SMILES string of the molecule is C#Cc1cnc(O[C@H]2C[C@@H](C(=O)O)N(c3nc(C)nc4c3oc3ccccc34)C2)c(N2CCOC3(COC3)[C@@H]2C)c1. The Hall–Kier alpha value is -4.40. The number of carboxylic acids is 1. The van der Waals surface area contributed by atoms with E-state index in [1.165, 1.54) is 0 Å². The molecule has 7 rings (SSSR count). The third-order valence-electron chi connectivity index (χ3n) is 8.36. The number of aromatic nitrogens is 3. The molecule has 3 saturated heterocycles. The van der Waals surface area contributed by atoms with Crippen molar-refractivity contribution < 1.29 is 28.5 Å². The van der Waals surface area contributed by atoms with Crippen LogP contribution in [0.4, 0.5) is 11.5 Å². The lowest BCUT2D eigenvalue weighted by molar-refractivity contribution is -0.228. The van der Waals surface area contributed by atoms with E-state index in [0.29, 0.717) is 66.1 Å². The van der Waals surface area contributed by atoms with Gasteiger partial charge in [-0.3, -0.25) is 0 Å². The van der Waals surface area contributed by atoms with Crippen molar-refractivity contribution in [3.05, 3.63) is 47.9 Å². The number of anilines is 2. The minimum absolute atomic E-state index is 0.000572. The number of morpholine rings is 1. The molecular weight excluding hydrogens is 526 g/mol. The Morgan fingerprint density at radius 3 is 2.83 bits per heavy atom. The van der Waals surface area contributed by atoms with E-state index in [0.717, 1.165) is 11.1 Å². The Morgan fingerprint density at radius 2 is 2.07 bits per heavy atom. The molecule has 4 aromatic rings. The lowest BCUT2D eigenvalue weighted by atomic mass is 9.90. The van der Waals surface area contributed by atoms with Gasteiger partial charge in [-0.2, -0.15) is 0 Å². The number of carbonyl (C=O) groups is 1. The summed E-state index contributed by atoms with van der Waals surface area (Å²) in [7, 11) is 0. The fourth-order valence-electron chi connectivity index (χ4n) is 6.11. The van der Waals surface area contributed by atoms with Crippen LogP contribution in [0.2, 0.25) is 0 Å². The first-order valence-electron chi connectivity index (χ1n) is 13.6. The zero-order valence-corrected chi connectivity index (χ0v) is 22.7. The van der Waals surface area contributed by atoms with Crippen LogP contribution < -0.4 is 14.5 Å². The van der Waals surface area contributed by atoms with Gasteiger partial charge >= 0.3 is 5.97 Å². The number of rotatable bonds is 5. The van der Waals surface area contributed by atoms with Crippen LogP contribution in [0.3, 0.4) is 0 Å². The minimum atomic E-state index is -0.971. The third kappa shape index (κ3) is 4.13. The number of nitrogens with zero attached hydrogens (tertiary/aromatic N) is 5. The van der Waals surface area contributed by atoms with Gasteiger partial charge < -0.3 is 33.5 Å². The summed E-state index contributed by atoms with van der Waals surface area (Å²) < 4.78 is 24.2. The van der Waals surface area contributed by atoms with Gasteiger partial charge in [0.1, 0.15) is 40.4 Å². The maximum absolute atomic E-state index is 12.5. The van der Waals surface area contributed by atoms with Crippen LogP contribution in [0.25, 0.3) is 22.1 Å². The summed E-state index contributed by atoms with van der Waals surface area (Å²) >= 11 is 0. The summed E-state index contributed by atoms with van der Waals surface area (Å²) in [6, 6.07) is 8.61. The number of furan rings is 1. The molecule has 3 aliphatic rings. The van der Waals surface area contributed by atoms with Gasteiger partial charge in [-0.25, -0.2) is 19.7 Å². The normalized spacial score (nSPS) is 23.6. The Morgan fingerprint density at radius 1 is 1.24 bits per heavy atom. The van der Waals surface area contributed by atoms with Crippen molar-refractivity contribution in [3.8, 4) is 18.2 Å². The fourth-order valence-corrected chi connectivity index (χ4v) is 6.11. The largest absolute Gasteiger partial charge is 0.480 e. The summed E-state index contributed by atoms with van der Waals surface area (Å²) in [4.78, 5) is 30.2. The first kappa shape index (κ1) is 25.6. The van der Waals surface area contributed by atoms with Gasteiger partial charge in [-0.1, -0.05) is 18.1 Å². The lowest BCUT2D eigenvalue weighted by Crippen LogP contribution is -2.68. The molecule has 6 heterocycles. The molecular formula is C30H29N5O6. The molecule has 41 heavy (non-hydrogen) atoms. The van der Waals surface area contributed by atoms with Crippen LogP contribution in [0, 0.1) is 19.3 Å². The predicted molar refractivity (Wildman–Crippen MR) is 150 cm³/mol. The van der Waals surface area contributed by atoms with Crippen molar-refractivity contribution in [1.82, 2.24) is 15.0 Å². The average molecular weight is 556 g/mol. The van der Waals surface area contributed by atoms with Crippen LogP contribution in [0.5, 0.6) is 5.88 Å². The van der Waals surface area contributed by atoms with E-state index >= 15 is 0 Å². The standard InChI is InChI=1S/C30H29N5O6/c1-4-19-11-22(34-9-10-39-30(17(34)2)15-38-16-30)28(31-13-19)40-20-12-23(29(36)37)35(14-20)27-26-25(32-18(3)33-27)21-7-5-6-8-24(21)41-26/h1,5-8,11,13,17,20,23H,9-10,12,14-16H2,2-3H3,(H,36,37)/t17-,20-,23-/m0/s1. The van der Waals surface area contributed by atoms with Crippen molar-refractivity contribution in [3.63, 3.8) is 0 Å². The Kier molecular flexibility index (Phi) is 5.99. The van der Waals surface area contributed by atoms with E-state index in [1.807, 2.05) is 30.3 Å². The monoisotopic (exact) mass is 555 g/mol. The van der Waals surface area contributed by atoms with Crippen LogP contribution in [-0.4, -0.2) is 82.7 Å². The zero-order chi connectivity index (χ0) is 28.3. The molecule has 11 heteroatoms. The van der Waals surface area contributed by atoms with Gasteiger partial charge in [-0.05, 0) is 32.0 Å². The Bertz CT molecular complexity index is 1710. The molecule has 3 atom stereocenters. The molecule has 0 amide bonds.